The van der Waals surface area contributed by atoms with Crippen molar-refractivity contribution in [3.8, 4) is 0 Å². The first-order valence-corrected chi connectivity index (χ1v) is 9.65. The van der Waals surface area contributed by atoms with Crippen LogP contribution in [0.25, 0.3) is 0 Å². The SMILES string of the molecule is COC(=O)N1CCCN(S(=O)(=O)c2cc(C(C)C)ccc2C)CC1. The Balaban J connectivity index is 2.27. The van der Waals surface area contributed by atoms with Gasteiger partial charge in [-0.05, 0) is 36.5 Å². The first-order chi connectivity index (χ1) is 11.3. The van der Waals surface area contributed by atoms with Gasteiger partial charge in [0.05, 0.1) is 12.0 Å². The van der Waals surface area contributed by atoms with Crippen LogP contribution >= 0.6 is 0 Å². The Bertz CT molecular complexity index is 701. The van der Waals surface area contributed by atoms with Gasteiger partial charge in [-0.15, -0.1) is 0 Å². The van der Waals surface area contributed by atoms with Crippen LogP contribution in [0, 0.1) is 6.92 Å². The molecule has 7 heteroatoms. The van der Waals surface area contributed by atoms with Crippen molar-refractivity contribution in [1.82, 2.24) is 9.21 Å². The van der Waals surface area contributed by atoms with E-state index in [1.54, 1.807) is 11.0 Å². The number of carbonyl (C=O) groups excluding carboxylic acids is 1. The van der Waals surface area contributed by atoms with E-state index in [2.05, 4.69) is 0 Å². The van der Waals surface area contributed by atoms with E-state index in [0.29, 0.717) is 31.0 Å². The summed E-state index contributed by atoms with van der Waals surface area (Å²) in [6.45, 7) is 7.43. The van der Waals surface area contributed by atoms with Crippen molar-refractivity contribution < 1.29 is 17.9 Å². The summed E-state index contributed by atoms with van der Waals surface area (Å²) in [5.41, 5.74) is 1.75. The molecule has 1 saturated heterocycles. The number of methoxy groups -OCH3 is 1. The Labute approximate surface area is 144 Å². The van der Waals surface area contributed by atoms with Gasteiger partial charge in [-0.1, -0.05) is 26.0 Å². The molecule has 0 N–H and O–H groups in total. The fraction of sp³-hybridized carbons (Fsp3) is 0.588. The Hall–Kier alpha value is -1.60. The molecule has 0 aliphatic carbocycles. The van der Waals surface area contributed by atoms with Crippen LogP contribution in [0.15, 0.2) is 23.1 Å². The molecule has 1 amide bonds. The lowest BCUT2D eigenvalue weighted by atomic mass is 10.0. The first kappa shape index (κ1) is 18.7. The number of carbonyl (C=O) groups is 1. The average Bonchev–Trinajstić information content (AvgIpc) is 2.80. The summed E-state index contributed by atoms with van der Waals surface area (Å²) in [6.07, 6.45) is 0.185. The predicted molar refractivity (Wildman–Crippen MR) is 92.6 cm³/mol. The monoisotopic (exact) mass is 354 g/mol. The second-order valence-electron chi connectivity index (χ2n) is 6.39. The Morgan fingerprint density at radius 3 is 2.50 bits per heavy atom. The normalized spacial score (nSPS) is 17.0. The summed E-state index contributed by atoms with van der Waals surface area (Å²) in [4.78, 5) is 13.6. The molecule has 2 rings (SSSR count). The van der Waals surface area contributed by atoms with Gasteiger partial charge in [-0.25, -0.2) is 13.2 Å². The lowest BCUT2D eigenvalue weighted by Crippen LogP contribution is -2.37. The molecule has 24 heavy (non-hydrogen) atoms. The summed E-state index contributed by atoms with van der Waals surface area (Å²) >= 11 is 0. The van der Waals surface area contributed by atoms with Crippen LogP contribution < -0.4 is 0 Å². The van der Waals surface area contributed by atoms with Crippen LogP contribution in [-0.2, 0) is 14.8 Å². The predicted octanol–water partition coefficient (Wildman–Crippen LogP) is 2.58. The minimum absolute atomic E-state index is 0.262. The molecule has 0 unspecified atom stereocenters. The van der Waals surface area contributed by atoms with Crippen molar-refractivity contribution in [3.05, 3.63) is 29.3 Å². The maximum atomic E-state index is 13.1. The molecule has 0 saturated carbocycles. The summed E-state index contributed by atoms with van der Waals surface area (Å²) in [6, 6.07) is 5.61. The summed E-state index contributed by atoms with van der Waals surface area (Å²) in [5.74, 6) is 0.262. The maximum absolute atomic E-state index is 13.1. The van der Waals surface area contributed by atoms with Crippen molar-refractivity contribution in [2.45, 2.75) is 38.0 Å². The number of hydrogen-bond donors (Lipinski definition) is 0. The molecule has 0 atom stereocenters. The molecule has 0 bridgehead atoms. The molecule has 6 nitrogen and oxygen atoms in total. The molecule has 1 heterocycles. The number of amides is 1. The highest BCUT2D eigenvalue weighted by molar-refractivity contribution is 7.89. The third kappa shape index (κ3) is 3.89. The lowest BCUT2D eigenvalue weighted by Gasteiger charge is -2.22. The lowest BCUT2D eigenvalue weighted by molar-refractivity contribution is 0.126. The number of ether oxygens (including phenoxy) is 1. The highest BCUT2D eigenvalue weighted by atomic mass is 32.2. The Morgan fingerprint density at radius 2 is 1.88 bits per heavy atom. The van der Waals surface area contributed by atoms with Gasteiger partial charge in [-0.2, -0.15) is 4.31 Å². The molecule has 0 spiro atoms. The Kier molecular flexibility index (Phi) is 5.87. The highest BCUT2D eigenvalue weighted by Gasteiger charge is 2.29. The van der Waals surface area contributed by atoms with Crippen LogP contribution in [-0.4, -0.2) is 57.0 Å². The van der Waals surface area contributed by atoms with Crippen molar-refractivity contribution in [2.75, 3.05) is 33.3 Å². The van der Waals surface area contributed by atoms with E-state index in [-0.39, 0.29) is 12.5 Å². The third-order valence-electron chi connectivity index (χ3n) is 4.38. The van der Waals surface area contributed by atoms with Crippen LogP contribution in [0.5, 0.6) is 0 Å². The smallest absolute Gasteiger partial charge is 0.409 e. The molecule has 1 aromatic rings. The maximum Gasteiger partial charge on any atom is 0.409 e. The molecular formula is C17H26N2O4S. The van der Waals surface area contributed by atoms with Crippen molar-refractivity contribution in [1.29, 1.82) is 0 Å². The van der Waals surface area contributed by atoms with E-state index in [1.165, 1.54) is 11.4 Å². The van der Waals surface area contributed by atoms with Crippen LogP contribution in [0.4, 0.5) is 4.79 Å². The second-order valence-corrected chi connectivity index (χ2v) is 8.30. The van der Waals surface area contributed by atoms with E-state index in [0.717, 1.165) is 11.1 Å². The van der Waals surface area contributed by atoms with Crippen LogP contribution in [0.3, 0.4) is 0 Å². The standard InChI is InChI=1S/C17H26N2O4S/c1-13(2)15-7-6-14(3)16(12-15)24(21,22)19-9-5-8-18(10-11-19)17(20)23-4/h6-7,12-13H,5,8-11H2,1-4H3. The van der Waals surface area contributed by atoms with Crippen LogP contribution in [0.1, 0.15) is 37.3 Å². The van der Waals surface area contributed by atoms with Crippen LogP contribution in [0.2, 0.25) is 0 Å². The average molecular weight is 354 g/mol. The zero-order valence-electron chi connectivity index (χ0n) is 14.8. The van der Waals surface area contributed by atoms with E-state index in [9.17, 15) is 13.2 Å². The zero-order chi connectivity index (χ0) is 17.9. The molecule has 1 aliphatic rings. The number of hydrogen-bond acceptors (Lipinski definition) is 4. The quantitative estimate of drug-likeness (QED) is 0.837. The van der Waals surface area contributed by atoms with Gasteiger partial charge in [0, 0.05) is 26.2 Å². The van der Waals surface area contributed by atoms with Crippen molar-refractivity contribution in [3.63, 3.8) is 0 Å². The summed E-state index contributed by atoms with van der Waals surface area (Å²) < 4.78 is 32.4. The van der Waals surface area contributed by atoms with E-state index in [1.807, 2.05) is 32.9 Å². The number of nitrogens with zero attached hydrogens (tertiary/aromatic N) is 2. The van der Waals surface area contributed by atoms with Gasteiger partial charge in [0.15, 0.2) is 0 Å². The highest BCUT2D eigenvalue weighted by Crippen LogP contribution is 2.25. The number of sulfonamides is 1. The molecule has 1 fully saturated rings. The van der Waals surface area contributed by atoms with Gasteiger partial charge < -0.3 is 9.64 Å². The van der Waals surface area contributed by atoms with Gasteiger partial charge >= 0.3 is 6.09 Å². The summed E-state index contributed by atoms with van der Waals surface area (Å²) in [7, 11) is -2.24. The fourth-order valence-electron chi connectivity index (χ4n) is 2.84. The number of rotatable bonds is 3. The van der Waals surface area contributed by atoms with Crippen molar-refractivity contribution >= 4 is 16.1 Å². The number of aryl methyl sites for hydroxylation is 1. The number of benzene rings is 1. The molecule has 1 aliphatic heterocycles. The van der Waals surface area contributed by atoms with Crippen molar-refractivity contribution in [2.24, 2.45) is 0 Å². The first-order valence-electron chi connectivity index (χ1n) is 8.21. The van der Waals surface area contributed by atoms with E-state index < -0.39 is 16.1 Å². The summed E-state index contributed by atoms with van der Waals surface area (Å²) in [5, 5.41) is 0. The topological polar surface area (TPSA) is 66.9 Å². The molecule has 134 valence electrons. The molecule has 0 aromatic heterocycles. The van der Waals surface area contributed by atoms with Gasteiger partial charge in [-0.3, -0.25) is 0 Å². The molecule has 1 aromatic carbocycles. The molecule has 0 radical (unpaired) electrons. The third-order valence-corrected chi connectivity index (χ3v) is 6.43. The van der Waals surface area contributed by atoms with Gasteiger partial charge in [0.1, 0.15) is 0 Å². The Morgan fingerprint density at radius 1 is 1.17 bits per heavy atom. The fourth-order valence-corrected chi connectivity index (χ4v) is 4.57. The van der Waals surface area contributed by atoms with Gasteiger partial charge in [0.2, 0.25) is 10.0 Å². The van der Waals surface area contributed by atoms with E-state index >= 15 is 0 Å². The van der Waals surface area contributed by atoms with E-state index in [4.69, 9.17) is 4.74 Å². The zero-order valence-corrected chi connectivity index (χ0v) is 15.6. The minimum atomic E-state index is -3.57. The van der Waals surface area contributed by atoms with Gasteiger partial charge in [0.25, 0.3) is 0 Å². The second kappa shape index (κ2) is 7.53. The minimum Gasteiger partial charge on any atom is -0.453 e. The largest absolute Gasteiger partial charge is 0.453 e. The molecular weight excluding hydrogens is 328 g/mol.